The van der Waals surface area contributed by atoms with Crippen molar-refractivity contribution in [3.05, 3.63) is 53.7 Å². The van der Waals surface area contributed by atoms with E-state index in [-0.39, 0.29) is 69.1 Å². The van der Waals surface area contributed by atoms with Gasteiger partial charge in [0, 0.05) is 68.1 Å². The maximum absolute atomic E-state index is 14.2. The van der Waals surface area contributed by atoms with Crippen molar-refractivity contribution in [2.24, 2.45) is 0 Å². The Kier molecular flexibility index (Phi) is 15.4. The lowest BCUT2D eigenvalue weighted by molar-refractivity contribution is -0.194. The molecule has 3 aromatic carbocycles. The van der Waals surface area contributed by atoms with Crippen molar-refractivity contribution in [2.75, 3.05) is 65.5 Å². The molecule has 1 aliphatic rings. The van der Waals surface area contributed by atoms with Gasteiger partial charge in [0.25, 0.3) is 5.91 Å². The van der Waals surface area contributed by atoms with Crippen LogP contribution in [0.1, 0.15) is 67.4 Å². The number of nitrogens with one attached hydrogen (secondary N) is 2. The highest BCUT2D eigenvalue weighted by Crippen LogP contribution is 2.47. The number of hydrogen-bond acceptors (Lipinski definition) is 12. The van der Waals surface area contributed by atoms with Gasteiger partial charge in [0.05, 0.1) is 45.2 Å². The first-order chi connectivity index (χ1) is 27.6. The molecule has 3 N–H and O–H groups in total. The number of fused-ring (bicyclic) bond motifs is 4. The molecule has 0 spiro atoms. The Morgan fingerprint density at radius 1 is 0.930 bits per heavy atom. The molecule has 1 aromatic heterocycles. The number of carbonyl (C=O) groups excluding carboxylic acids is 4. The maximum atomic E-state index is 14.2. The van der Waals surface area contributed by atoms with Crippen molar-refractivity contribution in [3.8, 4) is 23.0 Å². The number of aromatic nitrogens is 1. The molecular formula is C41H50ClN3O12. The zero-order valence-corrected chi connectivity index (χ0v) is 33.6. The summed E-state index contributed by atoms with van der Waals surface area (Å²) in [5.41, 5.74) is 2.35. The van der Waals surface area contributed by atoms with Crippen LogP contribution in [0.2, 0.25) is 0 Å². The number of anilines is 1. The first kappa shape index (κ1) is 43.0. The van der Waals surface area contributed by atoms with E-state index in [4.69, 9.17) is 44.8 Å². The molecule has 0 radical (unpaired) electrons. The summed E-state index contributed by atoms with van der Waals surface area (Å²) in [6, 6.07) is 12.7. The molecule has 3 atom stereocenters. The Balaban J connectivity index is 1.19. The van der Waals surface area contributed by atoms with Crippen molar-refractivity contribution < 1.29 is 57.4 Å². The molecular weight excluding hydrogens is 762 g/mol. The number of hydrogen-bond donors (Lipinski definition) is 3. The molecule has 57 heavy (non-hydrogen) atoms. The van der Waals surface area contributed by atoms with Crippen LogP contribution in [0.25, 0.3) is 21.7 Å². The van der Waals surface area contributed by atoms with Crippen molar-refractivity contribution in [1.29, 1.82) is 0 Å². The Bertz CT molecular complexity index is 2050. The summed E-state index contributed by atoms with van der Waals surface area (Å²) in [6.07, 6.45) is 0.0779. The van der Waals surface area contributed by atoms with Crippen LogP contribution in [0.5, 0.6) is 23.0 Å². The van der Waals surface area contributed by atoms with Crippen LogP contribution in [-0.2, 0) is 28.6 Å². The van der Waals surface area contributed by atoms with E-state index in [9.17, 15) is 24.3 Å². The summed E-state index contributed by atoms with van der Waals surface area (Å²) in [6.45, 7) is 2.09. The second-order valence-corrected chi connectivity index (χ2v) is 13.7. The maximum Gasteiger partial charge on any atom is 0.311 e. The topological polar surface area (TPSA) is 184 Å². The number of benzene rings is 3. The second kappa shape index (κ2) is 20.4. The number of carbonyl (C=O) groups is 4. The van der Waals surface area contributed by atoms with E-state index < -0.39 is 24.3 Å². The summed E-state index contributed by atoms with van der Waals surface area (Å²) >= 11 is 6.49. The van der Waals surface area contributed by atoms with Gasteiger partial charge in [0.15, 0.2) is 17.8 Å². The fourth-order valence-electron chi connectivity index (χ4n) is 6.82. The summed E-state index contributed by atoms with van der Waals surface area (Å²) in [5, 5.41) is 14.3. The number of rotatable bonds is 21. The number of amides is 2. The highest BCUT2D eigenvalue weighted by Gasteiger charge is 2.36. The van der Waals surface area contributed by atoms with Crippen LogP contribution in [-0.4, -0.2) is 107 Å². The number of aromatic amines is 1. The van der Waals surface area contributed by atoms with Gasteiger partial charge < -0.3 is 53.5 Å². The fraction of sp³-hybridized carbons (Fsp3) is 0.463. The van der Waals surface area contributed by atoms with E-state index in [1.54, 1.807) is 23.1 Å². The van der Waals surface area contributed by atoms with Crippen LogP contribution in [0.15, 0.2) is 42.5 Å². The van der Waals surface area contributed by atoms with Gasteiger partial charge in [-0.05, 0) is 42.3 Å². The first-order valence-corrected chi connectivity index (χ1v) is 19.3. The second-order valence-electron chi connectivity index (χ2n) is 13.4. The van der Waals surface area contributed by atoms with Gasteiger partial charge >= 0.3 is 11.9 Å². The molecule has 2 unspecified atom stereocenters. The zero-order valence-electron chi connectivity index (χ0n) is 32.8. The number of aliphatic hydroxyl groups is 1. The quantitative estimate of drug-likeness (QED) is 0.0312. The highest BCUT2D eigenvalue weighted by atomic mass is 35.5. The smallest absolute Gasteiger partial charge is 0.311 e. The number of esters is 2. The van der Waals surface area contributed by atoms with Gasteiger partial charge in [-0.25, -0.2) is 0 Å². The lowest BCUT2D eigenvalue weighted by atomic mass is 9.95. The highest BCUT2D eigenvalue weighted by molar-refractivity contribution is 6.19. The third kappa shape index (κ3) is 10.1. The molecule has 5 rings (SSSR count). The molecule has 2 heterocycles. The predicted molar refractivity (Wildman–Crippen MR) is 213 cm³/mol. The van der Waals surface area contributed by atoms with Crippen LogP contribution in [0, 0.1) is 0 Å². The van der Waals surface area contributed by atoms with Crippen molar-refractivity contribution in [1.82, 2.24) is 10.3 Å². The monoisotopic (exact) mass is 811 g/mol. The number of H-pyrrole nitrogens is 1. The van der Waals surface area contributed by atoms with E-state index >= 15 is 0 Å². The van der Waals surface area contributed by atoms with Crippen LogP contribution >= 0.6 is 11.6 Å². The first-order valence-electron chi connectivity index (χ1n) is 18.8. The van der Waals surface area contributed by atoms with Crippen molar-refractivity contribution in [2.45, 2.75) is 63.8 Å². The Morgan fingerprint density at radius 3 is 2.33 bits per heavy atom. The van der Waals surface area contributed by atoms with Crippen molar-refractivity contribution >= 4 is 62.7 Å². The number of nitrogens with zero attached hydrogens (tertiary/aromatic N) is 1. The Morgan fingerprint density at radius 2 is 1.67 bits per heavy atom. The molecule has 0 saturated heterocycles. The SMILES string of the molecule is CCC(CO)OC(COC(=O)CCCC(=O)NCCCC(=O)Oc1cc2c(c3ccccc13)[C@H](CCl)CN2C(=O)c1cc2cc(OC)c(OC)c(OC)c2[nH]1)OC. The standard InChI is InChI=1S/C41H50ClN3O12/c1-6-26(22-46)56-36(52-3)23-55-34(48)14-9-13-33(47)43-16-10-15-35(49)57-31-19-30-37(28-12-8-7-11-27(28)31)25(20-42)21-45(30)41(50)29-17-24-18-32(51-2)39(53-4)40(54-5)38(24)44-29/h7-8,11-12,17-19,25-26,36,44,46H,6,9-10,13-16,20-23H2,1-5H3,(H,43,47)/t25-,26?,36?/m1/s1. The predicted octanol–water partition coefficient (Wildman–Crippen LogP) is 5.61. The van der Waals surface area contributed by atoms with Gasteiger partial charge in [-0.2, -0.15) is 0 Å². The fourth-order valence-corrected chi connectivity index (χ4v) is 7.07. The summed E-state index contributed by atoms with van der Waals surface area (Å²) in [7, 11) is 5.96. The van der Waals surface area contributed by atoms with E-state index in [1.165, 1.54) is 28.4 Å². The summed E-state index contributed by atoms with van der Waals surface area (Å²) in [4.78, 5) is 56.7. The molecule has 1 aliphatic heterocycles. The minimum Gasteiger partial charge on any atom is -0.493 e. The zero-order chi connectivity index (χ0) is 41.1. The third-order valence-electron chi connectivity index (χ3n) is 9.75. The Labute approximate surface area is 335 Å². The minimum absolute atomic E-state index is 0.0205. The van der Waals surface area contributed by atoms with Gasteiger partial charge in [-0.15, -0.1) is 11.6 Å². The van der Waals surface area contributed by atoms with Crippen LogP contribution in [0.3, 0.4) is 0 Å². The van der Waals surface area contributed by atoms with Crippen molar-refractivity contribution in [3.63, 3.8) is 0 Å². The Hall–Kier alpha value is -5.09. The lowest BCUT2D eigenvalue weighted by Crippen LogP contribution is -2.30. The molecule has 0 bridgehead atoms. The third-order valence-corrected chi connectivity index (χ3v) is 10.1. The molecule has 0 saturated carbocycles. The van der Waals surface area contributed by atoms with E-state index in [0.717, 1.165) is 10.9 Å². The molecule has 2 amide bonds. The molecule has 16 heteroatoms. The van der Waals surface area contributed by atoms with Gasteiger partial charge in [-0.1, -0.05) is 31.2 Å². The van der Waals surface area contributed by atoms with Crippen LogP contribution < -0.4 is 29.2 Å². The molecule has 0 fully saturated rings. The van der Waals surface area contributed by atoms with Gasteiger partial charge in [0.2, 0.25) is 11.7 Å². The summed E-state index contributed by atoms with van der Waals surface area (Å²) < 4.78 is 38.4. The number of halogens is 1. The number of methoxy groups -OCH3 is 4. The van der Waals surface area contributed by atoms with E-state index in [1.807, 2.05) is 31.2 Å². The lowest BCUT2D eigenvalue weighted by Gasteiger charge is -2.21. The molecule has 15 nitrogen and oxygen atoms in total. The van der Waals surface area contributed by atoms with Crippen LogP contribution in [0.4, 0.5) is 5.69 Å². The summed E-state index contributed by atoms with van der Waals surface area (Å²) in [5.74, 6) is 0.0424. The number of alkyl halides is 1. The van der Waals surface area contributed by atoms with E-state index in [0.29, 0.717) is 70.1 Å². The van der Waals surface area contributed by atoms with Gasteiger partial charge in [0.1, 0.15) is 18.1 Å². The number of ether oxygens (including phenoxy) is 7. The minimum atomic E-state index is -0.803. The number of aliphatic hydroxyl groups excluding tert-OH is 1. The molecule has 4 aromatic rings. The largest absolute Gasteiger partial charge is 0.493 e. The molecule has 308 valence electrons. The van der Waals surface area contributed by atoms with Gasteiger partial charge in [-0.3, -0.25) is 19.2 Å². The molecule has 0 aliphatic carbocycles. The normalized spacial score (nSPS) is 14.6. The average Bonchev–Trinajstić information content (AvgIpc) is 3.83. The van der Waals surface area contributed by atoms with E-state index in [2.05, 4.69) is 10.3 Å². The average molecular weight is 812 g/mol.